The lowest BCUT2D eigenvalue weighted by molar-refractivity contribution is -0.138. The maximum absolute atomic E-state index is 15.3. The van der Waals surface area contributed by atoms with Crippen molar-refractivity contribution in [2.75, 3.05) is 79.0 Å². The monoisotopic (exact) mass is 630 g/mol. The number of piperazine rings is 1. The summed E-state index contributed by atoms with van der Waals surface area (Å²) in [6, 6.07) is 12.8. The number of carboxylic acids is 1. The summed E-state index contributed by atoms with van der Waals surface area (Å²) in [5.74, 6) is -0.522. The van der Waals surface area contributed by atoms with Crippen molar-refractivity contribution in [2.24, 2.45) is 0 Å². The molecule has 3 heterocycles. The molecule has 3 N–H and O–H groups in total. The van der Waals surface area contributed by atoms with Crippen molar-refractivity contribution in [3.05, 3.63) is 59.5 Å². The number of halogens is 2. The Bertz CT molecular complexity index is 1470. The van der Waals surface area contributed by atoms with Crippen LogP contribution in [-0.4, -0.2) is 100 Å². The molecule has 230 valence electrons. The predicted molar refractivity (Wildman–Crippen MR) is 170 cm³/mol. The Kier molecular flexibility index (Phi) is 9.96. The van der Waals surface area contributed by atoms with Crippen molar-refractivity contribution in [3.63, 3.8) is 0 Å². The summed E-state index contributed by atoms with van der Waals surface area (Å²) in [6.45, 7) is 4.84. The number of hydrogen-bond donors (Lipinski definition) is 3. The molecule has 0 saturated carbocycles. The van der Waals surface area contributed by atoms with Crippen LogP contribution in [0.15, 0.2) is 48.7 Å². The van der Waals surface area contributed by atoms with Gasteiger partial charge < -0.3 is 20.6 Å². The van der Waals surface area contributed by atoms with Crippen molar-refractivity contribution >= 4 is 63.1 Å². The number of aromatic nitrogens is 2. The first-order valence-electron chi connectivity index (χ1n) is 14.1. The van der Waals surface area contributed by atoms with Gasteiger partial charge in [-0.15, -0.1) is 0 Å². The molecule has 2 aliphatic rings. The highest BCUT2D eigenvalue weighted by Gasteiger charge is 2.29. The molecule has 2 fully saturated rings. The van der Waals surface area contributed by atoms with E-state index < -0.39 is 17.0 Å². The highest BCUT2D eigenvalue weighted by atomic mass is 35.5. The van der Waals surface area contributed by atoms with Crippen molar-refractivity contribution in [3.8, 4) is 0 Å². The van der Waals surface area contributed by atoms with Gasteiger partial charge in [0.05, 0.1) is 29.8 Å². The first-order chi connectivity index (χ1) is 20.7. The Morgan fingerprint density at radius 3 is 2.51 bits per heavy atom. The van der Waals surface area contributed by atoms with Crippen molar-refractivity contribution in [1.29, 1.82) is 0 Å². The number of nitrogens with one attached hydrogen (secondary N) is 2. The van der Waals surface area contributed by atoms with Gasteiger partial charge in [-0.05, 0) is 43.2 Å². The average Bonchev–Trinajstić information content (AvgIpc) is 2.99. The van der Waals surface area contributed by atoms with Gasteiger partial charge in [-0.2, -0.15) is 4.98 Å². The molecule has 1 atom stereocenters. The van der Waals surface area contributed by atoms with Crippen LogP contribution in [0.1, 0.15) is 12.8 Å². The maximum Gasteiger partial charge on any atom is 0.317 e. The van der Waals surface area contributed by atoms with Gasteiger partial charge in [0.25, 0.3) is 0 Å². The van der Waals surface area contributed by atoms with E-state index in [2.05, 4.69) is 30.4 Å². The molecule has 11 nitrogen and oxygen atoms in total. The number of anilines is 6. The zero-order valence-corrected chi connectivity index (χ0v) is 25.7. The molecular formula is C29H36ClFN8O3S. The fourth-order valence-electron chi connectivity index (χ4n) is 5.56. The molecule has 2 saturated heterocycles. The summed E-state index contributed by atoms with van der Waals surface area (Å²) >= 11 is 6.38. The Morgan fingerprint density at radius 2 is 1.84 bits per heavy atom. The maximum atomic E-state index is 15.3. The normalized spacial score (nSPS) is 17.4. The van der Waals surface area contributed by atoms with Crippen molar-refractivity contribution < 1.29 is 18.5 Å². The first kappa shape index (κ1) is 30.9. The molecule has 43 heavy (non-hydrogen) atoms. The van der Waals surface area contributed by atoms with E-state index in [0.29, 0.717) is 39.6 Å². The van der Waals surface area contributed by atoms with Crippen LogP contribution in [-0.2, 0) is 15.8 Å². The Labute approximate surface area is 258 Å². The number of carbonyl (C=O) groups is 1. The van der Waals surface area contributed by atoms with Gasteiger partial charge >= 0.3 is 5.97 Å². The number of carboxylic acid groups (broad SMARTS) is 1. The second kappa shape index (κ2) is 13.8. The van der Waals surface area contributed by atoms with E-state index >= 15 is 4.39 Å². The molecule has 1 aromatic heterocycles. The zero-order valence-electron chi connectivity index (χ0n) is 24.2. The fraction of sp³-hybridized carbons (Fsp3) is 0.414. The van der Waals surface area contributed by atoms with Crippen LogP contribution in [0.3, 0.4) is 0 Å². The third-order valence-electron chi connectivity index (χ3n) is 7.92. The van der Waals surface area contributed by atoms with Gasteiger partial charge in [-0.1, -0.05) is 23.7 Å². The molecule has 5 rings (SSSR count). The molecule has 14 heteroatoms. The van der Waals surface area contributed by atoms with E-state index in [4.69, 9.17) is 16.7 Å². The Hall–Kier alpha value is -3.52. The lowest BCUT2D eigenvalue weighted by Gasteiger charge is -2.43. The smallest absolute Gasteiger partial charge is 0.317 e. The molecule has 0 bridgehead atoms. The van der Waals surface area contributed by atoms with Crippen LogP contribution in [0.25, 0.3) is 0 Å². The minimum atomic E-state index is -1.22. The third-order valence-corrected chi connectivity index (χ3v) is 9.16. The molecular weight excluding hydrogens is 595 g/mol. The largest absolute Gasteiger partial charge is 0.480 e. The number of benzene rings is 2. The van der Waals surface area contributed by atoms with Crippen LogP contribution < -0.4 is 19.8 Å². The Balaban J connectivity index is 1.19. The Morgan fingerprint density at radius 1 is 1.12 bits per heavy atom. The quantitative estimate of drug-likeness (QED) is 0.302. The SMILES string of the molecule is CN(c1ccccc1Nc1nc(Nc2ccc(N3CCC(N4CCN(CC(=O)O)CC4)CC3)c(F)c2)ncc1Cl)S(C)=O. The number of hydrogen-bond acceptors (Lipinski definition) is 9. The van der Waals surface area contributed by atoms with Gasteiger partial charge in [-0.3, -0.25) is 18.9 Å². The van der Waals surface area contributed by atoms with Crippen LogP contribution >= 0.6 is 11.6 Å². The van der Waals surface area contributed by atoms with Gasteiger partial charge in [0.15, 0.2) is 5.82 Å². The highest BCUT2D eigenvalue weighted by molar-refractivity contribution is 7.85. The second-order valence-corrected chi connectivity index (χ2v) is 12.5. The van der Waals surface area contributed by atoms with Gasteiger partial charge in [0, 0.05) is 64.3 Å². The summed E-state index contributed by atoms with van der Waals surface area (Å²) < 4.78 is 29.0. The summed E-state index contributed by atoms with van der Waals surface area (Å²) in [5.41, 5.74) is 2.45. The second-order valence-electron chi connectivity index (χ2n) is 10.7. The summed E-state index contributed by atoms with van der Waals surface area (Å²) in [6.07, 6.45) is 4.92. The van der Waals surface area contributed by atoms with E-state index in [1.807, 2.05) is 29.2 Å². The number of rotatable bonds is 10. The lowest BCUT2D eigenvalue weighted by Crippen LogP contribution is -2.54. The topological polar surface area (TPSA) is 117 Å². The number of aliphatic carboxylic acids is 1. The average molecular weight is 631 g/mol. The molecule has 0 amide bonds. The summed E-state index contributed by atoms with van der Waals surface area (Å²) in [5, 5.41) is 15.6. The van der Waals surface area contributed by atoms with Gasteiger partial charge in [0.1, 0.15) is 21.8 Å². The highest BCUT2D eigenvalue weighted by Crippen LogP contribution is 2.32. The summed E-state index contributed by atoms with van der Waals surface area (Å²) in [7, 11) is 0.513. The lowest BCUT2D eigenvalue weighted by atomic mass is 10.0. The molecule has 0 aliphatic carbocycles. The standard InChI is InChI=1S/C29H36ClFN8O3S/c1-36(43(2)42)26-6-4-3-5-24(26)34-28-22(30)18-32-29(35-28)33-20-7-8-25(23(31)17-20)39-11-9-21(10-12-39)38-15-13-37(14-16-38)19-27(40)41/h3-8,17-18,21H,9-16,19H2,1-2H3,(H,40,41)(H2,32,33,34,35). The number of para-hydroxylation sites is 2. The van der Waals surface area contributed by atoms with Crippen LogP contribution in [0.2, 0.25) is 5.02 Å². The van der Waals surface area contributed by atoms with Gasteiger partial charge in [-0.25, -0.2) is 13.6 Å². The molecule has 2 aromatic carbocycles. The summed E-state index contributed by atoms with van der Waals surface area (Å²) in [4.78, 5) is 26.2. The van der Waals surface area contributed by atoms with E-state index in [0.717, 1.165) is 52.1 Å². The number of nitrogens with zero attached hydrogens (tertiary/aromatic N) is 6. The number of piperidine rings is 1. The van der Waals surface area contributed by atoms with Gasteiger partial charge in [0.2, 0.25) is 5.95 Å². The first-order valence-corrected chi connectivity index (χ1v) is 16.0. The van der Waals surface area contributed by atoms with E-state index in [1.165, 1.54) is 12.3 Å². The molecule has 0 radical (unpaired) electrons. The van der Waals surface area contributed by atoms with E-state index in [-0.39, 0.29) is 18.3 Å². The minimum absolute atomic E-state index is 0.0914. The predicted octanol–water partition coefficient (Wildman–Crippen LogP) is 4.16. The van der Waals surface area contributed by atoms with Crippen molar-refractivity contribution in [2.45, 2.75) is 18.9 Å². The van der Waals surface area contributed by atoms with Crippen molar-refractivity contribution in [1.82, 2.24) is 19.8 Å². The van der Waals surface area contributed by atoms with Crippen LogP contribution in [0.4, 0.5) is 38.9 Å². The molecule has 2 aliphatic heterocycles. The van der Waals surface area contributed by atoms with Crippen LogP contribution in [0, 0.1) is 5.82 Å². The zero-order chi connectivity index (χ0) is 30.5. The van der Waals surface area contributed by atoms with E-state index in [9.17, 15) is 9.00 Å². The third kappa shape index (κ3) is 7.71. The molecule has 1 unspecified atom stereocenters. The minimum Gasteiger partial charge on any atom is -0.480 e. The molecule has 3 aromatic rings. The van der Waals surface area contributed by atoms with E-state index in [1.54, 1.807) is 29.7 Å². The van der Waals surface area contributed by atoms with Crippen LogP contribution in [0.5, 0.6) is 0 Å². The fourth-order valence-corrected chi connectivity index (χ4v) is 6.13. The molecule has 0 spiro atoms.